The molecule has 0 saturated carbocycles. The van der Waals surface area contributed by atoms with Crippen molar-refractivity contribution in [1.82, 2.24) is 4.90 Å². The average molecular weight is 380 g/mol. The Morgan fingerprint density at radius 3 is 2.52 bits per heavy atom. The van der Waals surface area contributed by atoms with E-state index in [2.05, 4.69) is 15.9 Å². The first-order valence-electron chi connectivity index (χ1n) is 6.94. The van der Waals surface area contributed by atoms with Crippen molar-refractivity contribution >= 4 is 34.2 Å². The molecule has 0 fully saturated rings. The molecule has 0 spiro atoms. The highest BCUT2D eigenvalue weighted by atomic mass is 79.9. The second kappa shape index (κ2) is 10.9. The molecule has 0 aliphatic rings. The highest BCUT2D eigenvalue weighted by Gasteiger charge is 2.12. The van der Waals surface area contributed by atoms with Crippen LogP contribution in [-0.2, 0) is 4.79 Å². The van der Waals surface area contributed by atoms with Crippen LogP contribution in [0.2, 0.25) is 0 Å². The Labute approximate surface area is 141 Å². The standard InChI is InChI=1S/C15H23BrN2O2.ClH/c1-3-18(15(19)9-4-12(2)17)10-11-20-14-7-5-13(16)6-8-14;/h5-8,12H,3-4,9-11,17H2,1-2H3;1H. The van der Waals surface area contributed by atoms with Gasteiger partial charge in [-0.3, -0.25) is 4.79 Å². The second-order valence-electron chi connectivity index (χ2n) is 4.79. The van der Waals surface area contributed by atoms with Crippen molar-refractivity contribution in [3.05, 3.63) is 28.7 Å². The van der Waals surface area contributed by atoms with Crippen LogP contribution >= 0.6 is 28.3 Å². The Morgan fingerprint density at radius 2 is 2.00 bits per heavy atom. The molecule has 0 saturated heterocycles. The van der Waals surface area contributed by atoms with Crippen molar-refractivity contribution in [3.63, 3.8) is 0 Å². The molecule has 6 heteroatoms. The van der Waals surface area contributed by atoms with E-state index in [1.807, 2.05) is 38.1 Å². The van der Waals surface area contributed by atoms with Gasteiger partial charge in [0, 0.05) is 23.5 Å². The lowest BCUT2D eigenvalue weighted by molar-refractivity contribution is -0.131. The molecule has 1 rings (SSSR count). The molecule has 2 N–H and O–H groups in total. The van der Waals surface area contributed by atoms with Crippen molar-refractivity contribution in [3.8, 4) is 5.75 Å². The van der Waals surface area contributed by atoms with Crippen LogP contribution in [0, 0.1) is 0 Å². The van der Waals surface area contributed by atoms with Crippen LogP contribution < -0.4 is 10.5 Å². The molecule has 0 bridgehead atoms. The van der Waals surface area contributed by atoms with Crippen molar-refractivity contribution in [1.29, 1.82) is 0 Å². The SMILES string of the molecule is CCN(CCOc1ccc(Br)cc1)C(=O)CCC(C)N.Cl. The number of likely N-dealkylation sites (N-methyl/N-ethyl adjacent to an activating group) is 1. The van der Waals surface area contributed by atoms with Crippen LogP contribution in [0.25, 0.3) is 0 Å². The average Bonchev–Trinajstić information content (AvgIpc) is 2.43. The summed E-state index contributed by atoms with van der Waals surface area (Å²) >= 11 is 3.38. The van der Waals surface area contributed by atoms with Gasteiger partial charge < -0.3 is 15.4 Å². The van der Waals surface area contributed by atoms with Gasteiger partial charge in [-0.25, -0.2) is 0 Å². The number of ether oxygens (including phenoxy) is 1. The zero-order valence-electron chi connectivity index (χ0n) is 12.5. The summed E-state index contributed by atoms with van der Waals surface area (Å²) in [4.78, 5) is 13.8. The van der Waals surface area contributed by atoms with Gasteiger partial charge in [-0.05, 0) is 44.5 Å². The van der Waals surface area contributed by atoms with E-state index in [1.165, 1.54) is 0 Å². The zero-order valence-corrected chi connectivity index (χ0v) is 15.0. The summed E-state index contributed by atoms with van der Waals surface area (Å²) in [6.45, 7) is 5.69. The molecule has 120 valence electrons. The molecular formula is C15H24BrClN2O2. The van der Waals surface area contributed by atoms with Crippen molar-refractivity contribution in [2.75, 3.05) is 19.7 Å². The maximum Gasteiger partial charge on any atom is 0.222 e. The maximum absolute atomic E-state index is 12.0. The summed E-state index contributed by atoms with van der Waals surface area (Å²) in [7, 11) is 0. The molecule has 1 amide bonds. The largest absolute Gasteiger partial charge is 0.492 e. The number of carbonyl (C=O) groups is 1. The summed E-state index contributed by atoms with van der Waals surface area (Å²) in [5, 5.41) is 0. The molecule has 1 aromatic rings. The van der Waals surface area contributed by atoms with Gasteiger partial charge in [0.1, 0.15) is 12.4 Å². The number of hydrogen-bond acceptors (Lipinski definition) is 3. The number of hydrogen-bond donors (Lipinski definition) is 1. The fourth-order valence-electron chi connectivity index (χ4n) is 1.77. The van der Waals surface area contributed by atoms with E-state index in [0.717, 1.165) is 16.6 Å². The predicted molar refractivity (Wildman–Crippen MR) is 92.0 cm³/mol. The molecule has 21 heavy (non-hydrogen) atoms. The van der Waals surface area contributed by atoms with Crippen LogP contribution in [0.15, 0.2) is 28.7 Å². The summed E-state index contributed by atoms with van der Waals surface area (Å²) in [6.07, 6.45) is 1.23. The van der Waals surface area contributed by atoms with Crippen molar-refractivity contribution in [2.45, 2.75) is 32.7 Å². The van der Waals surface area contributed by atoms with Gasteiger partial charge in [0.05, 0.1) is 6.54 Å². The number of nitrogens with zero attached hydrogens (tertiary/aromatic N) is 1. The third-order valence-electron chi connectivity index (χ3n) is 2.99. The first-order valence-corrected chi connectivity index (χ1v) is 7.74. The van der Waals surface area contributed by atoms with E-state index in [9.17, 15) is 4.79 Å². The van der Waals surface area contributed by atoms with Crippen LogP contribution in [0.1, 0.15) is 26.7 Å². The molecule has 1 aromatic carbocycles. The van der Waals surface area contributed by atoms with E-state index in [4.69, 9.17) is 10.5 Å². The van der Waals surface area contributed by atoms with Gasteiger partial charge in [0.15, 0.2) is 0 Å². The van der Waals surface area contributed by atoms with Gasteiger partial charge >= 0.3 is 0 Å². The van der Waals surface area contributed by atoms with Gasteiger partial charge in [0.2, 0.25) is 5.91 Å². The normalized spacial score (nSPS) is 11.4. The second-order valence-corrected chi connectivity index (χ2v) is 5.71. The third-order valence-corrected chi connectivity index (χ3v) is 3.52. The topological polar surface area (TPSA) is 55.6 Å². The van der Waals surface area contributed by atoms with Crippen LogP contribution in [0.4, 0.5) is 0 Å². The first-order chi connectivity index (χ1) is 9.52. The summed E-state index contributed by atoms with van der Waals surface area (Å²) in [5.74, 6) is 0.955. The minimum atomic E-state index is 0. The Balaban J connectivity index is 0.00000400. The molecule has 0 aliphatic heterocycles. The van der Waals surface area contributed by atoms with Crippen LogP contribution in [-0.4, -0.2) is 36.5 Å². The third kappa shape index (κ3) is 8.29. The lowest BCUT2D eigenvalue weighted by Gasteiger charge is -2.21. The number of carbonyl (C=O) groups excluding carboxylic acids is 1. The minimum Gasteiger partial charge on any atom is -0.492 e. The molecule has 1 unspecified atom stereocenters. The number of nitrogens with two attached hydrogens (primary N) is 1. The molecule has 0 radical (unpaired) electrons. The quantitative estimate of drug-likeness (QED) is 0.754. The Morgan fingerprint density at radius 1 is 1.38 bits per heavy atom. The zero-order chi connectivity index (χ0) is 15.0. The van der Waals surface area contributed by atoms with E-state index in [-0.39, 0.29) is 24.4 Å². The summed E-state index contributed by atoms with van der Waals surface area (Å²) in [5.41, 5.74) is 5.67. The van der Waals surface area contributed by atoms with Crippen LogP contribution in [0.3, 0.4) is 0 Å². The van der Waals surface area contributed by atoms with E-state index >= 15 is 0 Å². The summed E-state index contributed by atoms with van der Waals surface area (Å²) < 4.78 is 6.65. The van der Waals surface area contributed by atoms with E-state index in [0.29, 0.717) is 26.1 Å². The van der Waals surface area contributed by atoms with E-state index < -0.39 is 0 Å². The number of benzene rings is 1. The Hall–Kier alpha value is -0.780. The van der Waals surface area contributed by atoms with Crippen LogP contribution in [0.5, 0.6) is 5.75 Å². The number of amides is 1. The first kappa shape index (κ1) is 20.2. The minimum absolute atomic E-state index is 0. The Bertz CT molecular complexity index is 413. The fraction of sp³-hybridized carbons (Fsp3) is 0.533. The molecular weight excluding hydrogens is 356 g/mol. The van der Waals surface area contributed by atoms with Crippen molar-refractivity contribution < 1.29 is 9.53 Å². The van der Waals surface area contributed by atoms with Gasteiger partial charge in [-0.2, -0.15) is 0 Å². The highest BCUT2D eigenvalue weighted by Crippen LogP contribution is 2.16. The maximum atomic E-state index is 12.0. The lowest BCUT2D eigenvalue weighted by atomic mass is 10.2. The fourth-order valence-corrected chi connectivity index (χ4v) is 2.04. The predicted octanol–water partition coefficient (Wildman–Crippen LogP) is 3.23. The van der Waals surface area contributed by atoms with Gasteiger partial charge in [-0.15, -0.1) is 12.4 Å². The summed E-state index contributed by atoms with van der Waals surface area (Å²) in [6, 6.07) is 7.73. The highest BCUT2D eigenvalue weighted by molar-refractivity contribution is 9.10. The monoisotopic (exact) mass is 378 g/mol. The lowest BCUT2D eigenvalue weighted by Crippen LogP contribution is -2.35. The Kier molecular flexibility index (Phi) is 10.5. The van der Waals surface area contributed by atoms with Crippen molar-refractivity contribution in [2.24, 2.45) is 5.73 Å². The van der Waals surface area contributed by atoms with Gasteiger partial charge in [-0.1, -0.05) is 15.9 Å². The molecule has 1 atom stereocenters. The van der Waals surface area contributed by atoms with E-state index in [1.54, 1.807) is 4.90 Å². The number of halogens is 2. The molecule has 0 aromatic heterocycles. The molecule has 0 heterocycles. The molecule has 0 aliphatic carbocycles. The molecule has 4 nitrogen and oxygen atoms in total. The van der Waals surface area contributed by atoms with Gasteiger partial charge in [0.25, 0.3) is 0 Å². The smallest absolute Gasteiger partial charge is 0.222 e. The number of rotatable bonds is 8.